The first-order valence-corrected chi connectivity index (χ1v) is 2.99. The molecular weight excluding hydrogens is 148 g/mol. The summed E-state index contributed by atoms with van der Waals surface area (Å²) in [5.74, 6) is -1.00. The third-order valence-electron chi connectivity index (χ3n) is 1.13. The minimum absolute atomic E-state index is 0.293. The lowest BCUT2D eigenvalue weighted by Gasteiger charge is -1.94. The molecule has 0 rings (SSSR count). The van der Waals surface area contributed by atoms with Crippen LogP contribution in [0.3, 0.4) is 0 Å². The SMILES string of the molecule is CC(=NO)C(C)=NCC(=O)O. The van der Waals surface area contributed by atoms with Gasteiger partial charge in [-0.1, -0.05) is 5.16 Å². The van der Waals surface area contributed by atoms with E-state index >= 15 is 0 Å². The van der Waals surface area contributed by atoms with Crippen molar-refractivity contribution < 1.29 is 15.1 Å². The molecule has 0 saturated heterocycles. The number of carboxylic acids is 1. The van der Waals surface area contributed by atoms with E-state index in [1.807, 2.05) is 0 Å². The first-order valence-electron chi connectivity index (χ1n) is 2.99. The fourth-order valence-corrected chi connectivity index (χ4v) is 0.373. The van der Waals surface area contributed by atoms with E-state index in [0.29, 0.717) is 11.4 Å². The minimum atomic E-state index is -1.00. The number of carbonyl (C=O) groups is 1. The molecule has 62 valence electrons. The molecule has 0 heterocycles. The van der Waals surface area contributed by atoms with Gasteiger partial charge in [0.05, 0.1) is 11.4 Å². The summed E-state index contributed by atoms with van der Waals surface area (Å²) in [7, 11) is 0. The van der Waals surface area contributed by atoms with Crippen LogP contribution in [0.15, 0.2) is 10.1 Å². The molecule has 5 nitrogen and oxygen atoms in total. The standard InChI is InChI=1S/C6H10N2O3/c1-4(5(2)8-11)7-3-6(9)10/h11H,3H2,1-2H3,(H,9,10). The van der Waals surface area contributed by atoms with Gasteiger partial charge in [-0.2, -0.15) is 0 Å². The van der Waals surface area contributed by atoms with Crippen LogP contribution in [0, 0.1) is 0 Å². The van der Waals surface area contributed by atoms with Gasteiger partial charge in [0.2, 0.25) is 0 Å². The van der Waals surface area contributed by atoms with Crippen LogP contribution < -0.4 is 0 Å². The van der Waals surface area contributed by atoms with Gasteiger partial charge in [-0.05, 0) is 13.8 Å². The van der Waals surface area contributed by atoms with E-state index in [2.05, 4.69) is 10.1 Å². The average molecular weight is 158 g/mol. The van der Waals surface area contributed by atoms with Gasteiger partial charge in [0, 0.05) is 0 Å². The van der Waals surface area contributed by atoms with Crippen molar-refractivity contribution in [2.75, 3.05) is 6.54 Å². The molecular formula is C6H10N2O3. The molecule has 0 aliphatic heterocycles. The van der Waals surface area contributed by atoms with Crippen molar-refractivity contribution in [3.63, 3.8) is 0 Å². The van der Waals surface area contributed by atoms with Crippen LogP contribution in [-0.4, -0.2) is 34.3 Å². The number of aliphatic carboxylic acids is 1. The molecule has 0 fully saturated rings. The second-order valence-corrected chi connectivity index (χ2v) is 1.98. The number of carboxylic acid groups (broad SMARTS) is 1. The van der Waals surface area contributed by atoms with Gasteiger partial charge in [0.25, 0.3) is 0 Å². The Labute approximate surface area is 64.1 Å². The van der Waals surface area contributed by atoms with E-state index in [0.717, 1.165) is 0 Å². The largest absolute Gasteiger partial charge is 0.480 e. The molecule has 0 aliphatic rings. The fraction of sp³-hybridized carbons (Fsp3) is 0.500. The van der Waals surface area contributed by atoms with E-state index < -0.39 is 5.97 Å². The lowest BCUT2D eigenvalue weighted by atomic mass is 10.3. The molecule has 0 bridgehead atoms. The summed E-state index contributed by atoms with van der Waals surface area (Å²) in [5.41, 5.74) is 0.751. The molecule has 0 aromatic rings. The zero-order valence-corrected chi connectivity index (χ0v) is 6.40. The van der Waals surface area contributed by atoms with Crippen molar-refractivity contribution in [2.24, 2.45) is 10.1 Å². The number of oxime groups is 1. The molecule has 0 radical (unpaired) electrons. The van der Waals surface area contributed by atoms with Crippen LogP contribution in [0.4, 0.5) is 0 Å². The van der Waals surface area contributed by atoms with Crippen molar-refractivity contribution >= 4 is 17.4 Å². The highest BCUT2D eigenvalue weighted by molar-refractivity contribution is 6.40. The predicted octanol–water partition coefficient (Wildman–Crippen LogP) is 0.382. The van der Waals surface area contributed by atoms with Gasteiger partial charge in [0.15, 0.2) is 0 Å². The van der Waals surface area contributed by atoms with Gasteiger partial charge < -0.3 is 10.3 Å². The summed E-state index contributed by atoms with van der Waals surface area (Å²) in [6, 6.07) is 0. The molecule has 0 unspecified atom stereocenters. The third kappa shape index (κ3) is 4.07. The first-order chi connectivity index (χ1) is 5.07. The summed E-state index contributed by atoms with van der Waals surface area (Å²) >= 11 is 0. The topological polar surface area (TPSA) is 82.2 Å². The van der Waals surface area contributed by atoms with E-state index in [1.54, 1.807) is 13.8 Å². The number of aliphatic imine (C=N–C) groups is 1. The second kappa shape index (κ2) is 4.43. The normalized spacial score (nSPS) is 13.3. The van der Waals surface area contributed by atoms with Crippen LogP contribution >= 0.6 is 0 Å². The van der Waals surface area contributed by atoms with Gasteiger partial charge in [-0.3, -0.25) is 9.79 Å². The number of hydrogen-bond donors (Lipinski definition) is 2. The zero-order chi connectivity index (χ0) is 8.85. The van der Waals surface area contributed by atoms with E-state index in [1.165, 1.54) is 0 Å². The Hall–Kier alpha value is -1.39. The van der Waals surface area contributed by atoms with E-state index in [9.17, 15) is 4.79 Å². The monoisotopic (exact) mass is 158 g/mol. The second-order valence-electron chi connectivity index (χ2n) is 1.98. The zero-order valence-electron chi connectivity index (χ0n) is 6.40. The molecule has 2 N–H and O–H groups in total. The van der Waals surface area contributed by atoms with Gasteiger partial charge in [-0.15, -0.1) is 0 Å². The van der Waals surface area contributed by atoms with Crippen LogP contribution in [0.5, 0.6) is 0 Å². The van der Waals surface area contributed by atoms with Crippen molar-refractivity contribution in [3.8, 4) is 0 Å². The molecule has 0 spiro atoms. The smallest absolute Gasteiger partial charge is 0.325 e. The molecule has 0 aliphatic carbocycles. The summed E-state index contributed by atoms with van der Waals surface area (Å²) < 4.78 is 0. The van der Waals surface area contributed by atoms with Crippen LogP contribution in [0.25, 0.3) is 0 Å². The van der Waals surface area contributed by atoms with Crippen molar-refractivity contribution in [1.29, 1.82) is 0 Å². The highest BCUT2D eigenvalue weighted by Crippen LogP contribution is 1.83. The summed E-state index contributed by atoms with van der Waals surface area (Å²) in [4.78, 5) is 13.6. The maximum absolute atomic E-state index is 10.0. The number of nitrogens with zero attached hydrogens (tertiary/aromatic N) is 2. The van der Waals surface area contributed by atoms with E-state index in [4.69, 9.17) is 10.3 Å². The Morgan fingerprint density at radius 1 is 1.36 bits per heavy atom. The lowest BCUT2D eigenvalue weighted by molar-refractivity contribution is -0.135. The van der Waals surface area contributed by atoms with Crippen molar-refractivity contribution in [1.82, 2.24) is 0 Å². The first kappa shape index (κ1) is 9.61. The molecule has 0 amide bonds. The maximum Gasteiger partial charge on any atom is 0.325 e. The molecule has 0 atom stereocenters. The minimum Gasteiger partial charge on any atom is -0.480 e. The quantitative estimate of drug-likeness (QED) is 0.354. The summed E-state index contributed by atoms with van der Waals surface area (Å²) in [6.45, 7) is 2.83. The Morgan fingerprint density at radius 3 is 2.27 bits per heavy atom. The van der Waals surface area contributed by atoms with Gasteiger partial charge in [-0.25, -0.2) is 0 Å². The fourth-order valence-electron chi connectivity index (χ4n) is 0.373. The maximum atomic E-state index is 10.0. The predicted molar refractivity (Wildman–Crippen MR) is 40.5 cm³/mol. The Morgan fingerprint density at radius 2 is 1.91 bits per heavy atom. The Balaban J connectivity index is 4.12. The van der Waals surface area contributed by atoms with Gasteiger partial charge in [0.1, 0.15) is 6.54 Å². The number of hydrogen-bond acceptors (Lipinski definition) is 4. The highest BCUT2D eigenvalue weighted by Gasteiger charge is 1.98. The van der Waals surface area contributed by atoms with Crippen molar-refractivity contribution in [3.05, 3.63) is 0 Å². The molecule has 11 heavy (non-hydrogen) atoms. The summed E-state index contributed by atoms with van der Waals surface area (Å²) in [5, 5.41) is 19.3. The lowest BCUT2D eigenvalue weighted by Crippen LogP contribution is -2.09. The average Bonchev–Trinajstić information content (AvgIpc) is 1.98. The van der Waals surface area contributed by atoms with Crippen LogP contribution in [0.1, 0.15) is 13.8 Å². The van der Waals surface area contributed by atoms with Crippen LogP contribution in [0.2, 0.25) is 0 Å². The summed E-state index contributed by atoms with van der Waals surface area (Å²) in [6.07, 6.45) is 0. The highest BCUT2D eigenvalue weighted by atomic mass is 16.4. The third-order valence-corrected chi connectivity index (χ3v) is 1.13. The molecule has 0 saturated carbocycles. The molecule has 0 aromatic carbocycles. The Kier molecular flexibility index (Phi) is 3.87. The van der Waals surface area contributed by atoms with Gasteiger partial charge >= 0.3 is 5.97 Å². The Bertz CT molecular complexity index is 208. The molecule has 0 aromatic heterocycles. The van der Waals surface area contributed by atoms with E-state index in [-0.39, 0.29) is 6.54 Å². The number of rotatable bonds is 3. The molecule has 5 heteroatoms. The van der Waals surface area contributed by atoms with Crippen LogP contribution in [-0.2, 0) is 4.79 Å². The van der Waals surface area contributed by atoms with Crippen molar-refractivity contribution in [2.45, 2.75) is 13.8 Å².